The van der Waals surface area contributed by atoms with Crippen molar-refractivity contribution in [3.8, 4) is 0 Å². The van der Waals surface area contributed by atoms with Gasteiger partial charge in [-0.25, -0.2) is 0 Å². The molecule has 0 aromatic rings. The van der Waals surface area contributed by atoms with Crippen molar-refractivity contribution < 1.29 is 9.59 Å². The molecule has 0 aliphatic heterocycles. The van der Waals surface area contributed by atoms with Crippen molar-refractivity contribution in [1.29, 1.82) is 0 Å². The monoisotopic (exact) mass is 200 g/mol. The Morgan fingerprint density at radius 2 is 1.71 bits per heavy atom. The van der Waals surface area contributed by atoms with E-state index in [1.54, 1.807) is 0 Å². The largest absolute Gasteiger partial charge is 0.352 e. The van der Waals surface area contributed by atoms with E-state index in [9.17, 15) is 9.59 Å². The zero-order chi connectivity index (χ0) is 11.1. The first-order chi connectivity index (χ1) is 6.51. The molecule has 0 saturated carbocycles. The summed E-state index contributed by atoms with van der Waals surface area (Å²) in [4.78, 5) is 22.3. The second kappa shape index (κ2) is 6.40. The summed E-state index contributed by atoms with van der Waals surface area (Å²) in [5.74, 6) is -0.270. The van der Waals surface area contributed by atoms with E-state index in [0.717, 1.165) is 6.42 Å². The fourth-order valence-corrected chi connectivity index (χ4v) is 1.04. The first-order valence-electron chi connectivity index (χ1n) is 5.08. The molecular weight excluding hydrogens is 180 g/mol. The Balaban J connectivity index is 4.10. The van der Waals surface area contributed by atoms with Gasteiger partial charge in [0, 0.05) is 13.0 Å². The number of rotatable bonds is 5. The van der Waals surface area contributed by atoms with E-state index in [1.165, 1.54) is 6.92 Å². The highest BCUT2D eigenvalue weighted by molar-refractivity contribution is 5.86. The fourth-order valence-electron chi connectivity index (χ4n) is 1.04. The van der Waals surface area contributed by atoms with Crippen molar-refractivity contribution in [3.05, 3.63) is 0 Å². The normalized spacial score (nSPS) is 14.3. The molecule has 0 fully saturated rings. The SMILES string of the molecule is CCC(C)NC(=O)C(CC)NC(C)=O. The molecule has 0 radical (unpaired) electrons. The van der Waals surface area contributed by atoms with E-state index in [1.807, 2.05) is 20.8 Å². The van der Waals surface area contributed by atoms with Crippen LogP contribution in [0.25, 0.3) is 0 Å². The summed E-state index contributed by atoms with van der Waals surface area (Å²) < 4.78 is 0. The Labute approximate surface area is 85.4 Å². The number of hydrogen-bond acceptors (Lipinski definition) is 2. The third kappa shape index (κ3) is 4.84. The number of carbonyl (C=O) groups is 2. The molecule has 82 valence electrons. The molecule has 0 aromatic carbocycles. The third-order valence-electron chi connectivity index (χ3n) is 2.10. The minimum absolute atomic E-state index is 0.1000. The molecule has 0 aromatic heterocycles. The highest BCUT2D eigenvalue weighted by Crippen LogP contribution is 1.94. The van der Waals surface area contributed by atoms with Crippen LogP contribution in [0.3, 0.4) is 0 Å². The highest BCUT2D eigenvalue weighted by atomic mass is 16.2. The summed E-state index contributed by atoms with van der Waals surface area (Å²) in [6, 6.07) is -0.244. The highest BCUT2D eigenvalue weighted by Gasteiger charge is 2.17. The van der Waals surface area contributed by atoms with Crippen LogP contribution in [0.1, 0.15) is 40.5 Å². The van der Waals surface area contributed by atoms with Gasteiger partial charge in [0.25, 0.3) is 0 Å². The van der Waals surface area contributed by atoms with Gasteiger partial charge in [0.05, 0.1) is 0 Å². The third-order valence-corrected chi connectivity index (χ3v) is 2.10. The van der Waals surface area contributed by atoms with Gasteiger partial charge in [0.2, 0.25) is 11.8 Å². The molecular formula is C10H20N2O2. The number of nitrogens with one attached hydrogen (secondary N) is 2. The summed E-state index contributed by atoms with van der Waals surface area (Å²) in [6.07, 6.45) is 1.50. The van der Waals surface area contributed by atoms with Crippen LogP contribution in [0.2, 0.25) is 0 Å². The molecule has 14 heavy (non-hydrogen) atoms. The van der Waals surface area contributed by atoms with Crippen LogP contribution >= 0.6 is 0 Å². The van der Waals surface area contributed by atoms with Crippen LogP contribution in [0, 0.1) is 0 Å². The van der Waals surface area contributed by atoms with E-state index in [2.05, 4.69) is 10.6 Å². The summed E-state index contributed by atoms with van der Waals surface area (Å²) >= 11 is 0. The molecule has 0 aliphatic carbocycles. The van der Waals surface area contributed by atoms with Crippen molar-refractivity contribution in [1.82, 2.24) is 10.6 Å². The lowest BCUT2D eigenvalue weighted by atomic mass is 10.2. The number of hydrogen-bond donors (Lipinski definition) is 2. The average molecular weight is 200 g/mol. The first kappa shape index (κ1) is 12.9. The van der Waals surface area contributed by atoms with E-state index in [-0.39, 0.29) is 17.9 Å². The van der Waals surface area contributed by atoms with Crippen LogP contribution in [0.15, 0.2) is 0 Å². The van der Waals surface area contributed by atoms with E-state index in [0.29, 0.717) is 6.42 Å². The van der Waals surface area contributed by atoms with Gasteiger partial charge in [-0.05, 0) is 19.8 Å². The lowest BCUT2D eigenvalue weighted by Crippen LogP contribution is -2.48. The van der Waals surface area contributed by atoms with E-state index < -0.39 is 6.04 Å². The van der Waals surface area contributed by atoms with Crippen LogP contribution in [0.5, 0.6) is 0 Å². The van der Waals surface area contributed by atoms with Gasteiger partial charge in [0.15, 0.2) is 0 Å². The lowest BCUT2D eigenvalue weighted by molar-refractivity contribution is -0.128. The van der Waals surface area contributed by atoms with Crippen molar-refractivity contribution in [2.24, 2.45) is 0 Å². The Morgan fingerprint density at radius 3 is 2.07 bits per heavy atom. The molecule has 0 spiro atoms. The molecule has 2 atom stereocenters. The van der Waals surface area contributed by atoms with Crippen LogP contribution < -0.4 is 10.6 Å². The average Bonchev–Trinajstić information content (AvgIpc) is 2.13. The Hall–Kier alpha value is -1.06. The minimum atomic E-state index is -0.401. The maximum Gasteiger partial charge on any atom is 0.242 e. The van der Waals surface area contributed by atoms with E-state index in [4.69, 9.17) is 0 Å². The predicted octanol–water partition coefficient (Wildman–Crippen LogP) is 0.816. The molecule has 2 amide bonds. The number of amides is 2. The molecule has 2 N–H and O–H groups in total. The topological polar surface area (TPSA) is 58.2 Å². The van der Waals surface area contributed by atoms with E-state index >= 15 is 0 Å². The summed E-state index contributed by atoms with van der Waals surface area (Å²) in [5.41, 5.74) is 0. The molecule has 0 saturated heterocycles. The van der Waals surface area contributed by atoms with Crippen molar-refractivity contribution in [3.63, 3.8) is 0 Å². The van der Waals surface area contributed by atoms with Crippen molar-refractivity contribution >= 4 is 11.8 Å². The molecule has 0 heterocycles. The fraction of sp³-hybridized carbons (Fsp3) is 0.800. The van der Waals surface area contributed by atoms with Crippen LogP contribution in [-0.4, -0.2) is 23.9 Å². The quantitative estimate of drug-likeness (QED) is 0.690. The molecule has 2 unspecified atom stereocenters. The Bertz CT molecular complexity index is 204. The zero-order valence-corrected chi connectivity index (χ0v) is 9.39. The molecule has 0 rings (SSSR count). The summed E-state index contributed by atoms with van der Waals surface area (Å²) in [5, 5.41) is 5.44. The number of carbonyl (C=O) groups excluding carboxylic acids is 2. The zero-order valence-electron chi connectivity index (χ0n) is 9.39. The molecule has 4 nitrogen and oxygen atoms in total. The molecule has 0 bridgehead atoms. The van der Waals surface area contributed by atoms with Crippen LogP contribution in [0.4, 0.5) is 0 Å². The smallest absolute Gasteiger partial charge is 0.242 e. The second-order valence-corrected chi connectivity index (χ2v) is 3.48. The van der Waals surface area contributed by atoms with Gasteiger partial charge < -0.3 is 10.6 Å². The van der Waals surface area contributed by atoms with Crippen molar-refractivity contribution in [2.75, 3.05) is 0 Å². The van der Waals surface area contributed by atoms with Crippen LogP contribution in [-0.2, 0) is 9.59 Å². The molecule has 4 heteroatoms. The first-order valence-corrected chi connectivity index (χ1v) is 5.08. The second-order valence-electron chi connectivity index (χ2n) is 3.48. The summed E-state index contributed by atoms with van der Waals surface area (Å²) in [7, 11) is 0. The van der Waals surface area contributed by atoms with Gasteiger partial charge in [0.1, 0.15) is 6.04 Å². The molecule has 0 aliphatic rings. The van der Waals surface area contributed by atoms with Gasteiger partial charge >= 0.3 is 0 Å². The van der Waals surface area contributed by atoms with Gasteiger partial charge in [-0.15, -0.1) is 0 Å². The standard InChI is InChI=1S/C10H20N2O2/c1-5-7(3)11-10(14)9(6-2)12-8(4)13/h7,9H,5-6H2,1-4H3,(H,11,14)(H,12,13). The Kier molecular flexibility index (Phi) is 5.92. The van der Waals surface area contributed by atoms with Gasteiger partial charge in [-0.2, -0.15) is 0 Å². The van der Waals surface area contributed by atoms with Gasteiger partial charge in [-0.3, -0.25) is 9.59 Å². The van der Waals surface area contributed by atoms with Gasteiger partial charge in [-0.1, -0.05) is 13.8 Å². The maximum absolute atomic E-state index is 11.6. The Morgan fingerprint density at radius 1 is 1.14 bits per heavy atom. The lowest BCUT2D eigenvalue weighted by Gasteiger charge is -2.18. The minimum Gasteiger partial charge on any atom is -0.352 e. The maximum atomic E-state index is 11.6. The summed E-state index contributed by atoms with van der Waals surface area (Å²) in [6.45, 7) is 7.23. The predicted molar refractivity (Wildman–Crippen MR) is 55.8 cm³/mol. The van der Waals surface area contributed by atoms with Crippen molar-refractivity contribution in [2.45, 2.75) is 52.6 Å².